The highest BCUT2D eigenvalue weighted by atomic mass is 19.1. The largest absolute Gasteiger partial charge is 0.493 e. The molecule has 0 aliphatic carbocycles. The van der Waals surface area contributed by atoms with Gasteiger partial charge in [-0.1, -0.05) is 6.07 Å². The van der Waals surface area contributed by atoms with Gasteiger partial charge in [0.15, 0.2) is 17.3 Å². The van der Waals surface area contributed by atoms with Crippen LogP contribution in [-0.2, 0) is 11.2 Å². The summed E-state index contributed by atoms with van der Waals surface area (Å²) in [7, 11) is 1.56. The van der Waals surface area contributed by atoms with Crippen LogP contribution in [-0.4, -0.2) is 46.3 Å². The molecule has 1 amide bonds. The van der Waals surface area contributed by atoms with Gasteiger partial charge in [-0.15, -0.1) is 0 Å². The van der Waals surface area contributed by atoms with Crippen LogP contribution < -0.4 is 25.8 Å². The number of amides is 1. The van der Waals surface area contributed by atoms with Gasteiger partial charge in [0.1, 0.15) is 18.0 Å². The molecule has 2 aromatic heterocycles. The second kappa shape index (κ2) is 10.6. The van der Waals surface area contributed by atoms with E-state index >= 15 is 0 Å². The number of H-pyrrole nitrogens is 1. The van der Waals surface area contributed by atoms with Crippen LogP contribution >= 0.6 is 0 Å². The van der Waals surface area contributed by atoms with Crippen molar-refractivity contribution in [2.75, 3.05) is 30.9 Å². The molecule has 0 aliphatic rings. The number of fused-ring (bicyclic) bond motifs is 1. The standard InChI is InChI=1S/C23H24FN7O3/c1-33-19-11-17-18(12-20(19)34-7-3-6-25)26-13-27-23(17)29-21-9-16(30-31-21)10-22(32)28-15-5-2-4-14(24)8-15/h2,4-5,8-9,11-13H,3,6-7,10,25H2,1H3,(H,28,32)(H2,26,27,29,30,31). The number of nitrogens with zero attached hydrogens (tertiary/aromatic N) is 3. The van der Waals surface area contributed by atoms with Gasteiger partial charge in [-0.25, -0.2) is 14.4 Å². The lowest BCUT2D eigenvalue weighted by Gasteiger charge is -2.13. The van der Waals surface area contributed by atoms with Gasteiger partial charge in [0.05, 0.1) is 25.7 Å². The summed E-state index contributed by atoms with van der Waals surface area (Å²) in [5.41, 5.74) is 7.15. The molecule has 4 aromatic rings. The first-order chi connectivity index (χ1) is 16.6. The van der Waals surface area contributed by atoms with Crippen molar-refractivity contribution in [1.29, 1.82) is 0 Å². The lowest BCUT2D eigenvalue weighted by atomic mass is 10.2. The second-order valence-corrected chi connectivity index (χ2v) is 7.37. The van der Waals surface area contributed by atoms with Gasteiger partial charge in [0, 0.05) is 28.9 Å². The van der Waals surface area contributed by atoms with Crippen LogP contribution in [0.2, 0.25) is 0 Å². The third-order valence-corrected chi connectivity index (χ3v) is 4.86. The van der Waals surface area contributed by atoms with Crippen LogP contribution in [0.5, 0.6) is 11.5 Å². The number of anilines is 3. The van der Waals surface area contributed by atoms with E-state index in [9.17, 15) is 9.18 Å². The number of halogens is 1. The molecule has 2 aromatic carbocycles. The van der Waals surface area contributed by atoms with Gasteiger partial charge < -0.3 is 25.8 Å². The Morgan fingerprint density at radius 3 is 2.85 bits per heavy atom. The molecule has 34 heavy (non-hydrogen) atoms. The maximum atomic E-state index is 13.3. The van der Waals surface area contributed by atoms with E-state index in [4.69, 9.17) is 15.2 Å². The smallest absolute Gasteiger partial charge is 0.230 e. The summed E-state index contributed by atoms with van der Waals surface area (Å²) in [4.78, 5) is 20.9. The predicted octanol–water partition coefficient (Wildman–Crippen LogP) is 3.15. The molecular weight excluding hydrogens is 441 g/mol. The fraction of sp³-hybridized carbons (Fsp3) is 0.217. The molecule has 0 bridgehead atoms. The van der Waals surface area contributed by atoms with E-state index in [0.717, 1.165) is 6.42 Å². The van der Waals surface area contributed by atoms with Crippen molar-refractivity contribution >= 4 is 34.1 Å². The molecule has 10 nitrogen and oxygen atoms in total. The van der Waals surface area contributed by atoms with Gasteiger partial charge in [-0.3, -0.25) is 9.89 Å². The summed E-state index contributed by atoms with van der Waals surface area (Å²) in [5, 5.41) is 13.5. The number of hydrogen-bond donors (Lipinski definition) is 4. The molecule has 0 saturated carbocycles. The Bertz CT molecular complexity index is 1290. The summed E-state index contributed by atoms with van der Waals surface area (Å²) in [6.07, 6.45) is 2.19. The highest BCUT2D eigenvalue weighted by Gasteiger charge is 2.14. The third kappa shape index (κ3) is 5.56. The zero-order valence-corrected chi connectivity index (χ0v) is 18.5. The molecule has 0 aliphatic heterocycles. The van der Waals surface area contributed by atoms with Crippen molar-refractivity contribution in [3.8, 4) is 11.5 Å². The summed E-state index contributed by atoms with van der Waals surface area (Å²) in [6, 6.07) is 11.0. The van der Waals surface area contributed by atoms with E-state index in [2.05, 4.69) is 30.8 Å². The highest BCUT2D eigenvalue weighted by molar-refractivity contribution is 5.93. The van der Waals surface area contributed by atoms with Gasteiger partial charge in [0.25, 0.3) is 0 Å². The number of rotatable bonds is 10. The SMILES string of the molecule is COc1cc2c(Nc3cc(CC(=O)Nc4cccc(F)c4)[nH]n3)ncnc2cc1OCCCN. The number of nitrogens with one attached hydrogen (secondary N) is 3. The summed E-state index contributed by atoms with van der Waals surface area (Å²) >= 11 is 0. The van der Waals surface area contributed by atoms with E-state index in [0.29, 0.717) is 58.6 Å². The van der Waals surface area contributed by atoms with Crippen LogP contribution in [0, 0.1) is 5.82 Å². The first-order valence-electron chi connectivity index (χ1n) is 10.6. The zero-order chi connectivity index (χ0) is 23.9. The molecule has 0 spiro atoms. The monoisotopic (exact) mass is 465 g/mol. The zero-order valence-electron chi connectivity index (χ0n) is 18.5. The average Bonchev–Trinajstić information content (AvgIpc) is 3.25. The number of nitrogens with two attached hydrogens (primary N) is 1. The highest BCUT2D eigenvalue weighted by Crippen LogP contribution is 2.34. The minimum atomic E-state index is -0.422. The molecule has 0 atom stereocenters. The van der Waals surface area contributed by atoms with Crippen molar-refractivity contribution in [2.24, 2.45) is 5.73 Å². The number of benzene rings is 2. The van der Waals surface area contributed by atoms with Gasteiger partial charge in [0.2, 0.25) is 5.91 Å². The number of aromatic amines is 1. The number of carbonyl (C=O) groups excluding carboxylic acids is 1. The molecule has 176 valence electrons. The maximum Gasteiger partial charge on any atom is 0.230 e. The Morgan fingerprint density at radius 1 is 1.18 bits per heavy atom. The normalized spacial score (nSPS) is 10.8. The Kier molecular flexibility index (Phi) is 7.13. The van der Waals surface area contributed by atoms with Gasteiger partial charge in [-0.2, -0.15) is 5.10 Å². The van der Waals surface area contributed by atoms with E-state index in [1.165, 1.54) is 24.5 Å². The average molecular weight is 465 g/mol. The van der Waals surface area contributed by atoms with Crippen LogP contribution in [0.1, 0.15) is 12.1 Å². The third-order valence-electron chi connectivity index (χ3n) is 4.86. The number of hydrogen-bond acceptors (Lipinski definition) is 8. The van der Waals surface area contributed by atoms with Gasteiger partial charge in [-0.05, 0) is 37.2 Å². The van der Waals surface area contributed by atoms with Crippen LogP contribution in [0.4, 0.5) is 21.7 Å². The molecule has 0 unspecified atom stereocenters. The minimum absolute atomic E-state index is 0.0348. The van der Waals surface area contributed by atoms with Crippen molar-refractivity contribution in [3.05, 3.63) is 60.3 Å². The van der Waals surface area contributed by atoms with Crippen LogP contribution in [0.15, 0.2) is 48.8 Å². The number of methoxy groups -OCH3 is 1. The topological polar surface area (TPSA) is 140 Å². The molecule has 0 saturated heterocycles. The number of aromatic nitrogens is 4. The molecule has 0 fully saturated rings. The van der Waals surface area contributed by atoms with E-state index in [1.54, 1.807) is 31.4 Å². The molecule has 11 heteroatoms. The molecule has 4 rings (SSSR count). The summed E-state index contributed by atoms with van der Waals surface area (Å²) < 4.78 is 24.5. The van der Waals surface area contributed by atoms with E-state index in [-0.39, 0.29) is 12.3 Å². The molecular formula is C23H24FN7O3. The van der Waals surface area contributed by atoms with Crippen molar-refractivity contribution in [1.82, 2.24) is 20.2 Å². The minimum Gasteiger partial charge on any atom is -0.493 e. The van der Waals surface area contributed by atoms with E-state index in [1.807, 2.05) is 0 Å². The molecule has 5 N–H and O–H groups in total. The molecule has 0 radical (unpaired) electrons. The number of ether oxygens (including phenoxy) is 2. The Morgan fingerprint density at radius 2 is 2.06 bits per heavy atom. The van der Waals surface area contributed by atoms with Crippen molar-refractivity contribution < 1.29 is 18.7 Å². The Labute approximate surface area is 194 Å². The van der Waals surface area contributed by atoms with Crippen LogP contribution in [0.25, 0.3) is 10.9 Å². The fourth-order valence-corrected chi connectivity index (χ4v) is 3.28. The second-order valence-electron chi connectivity index (χ2n) is 7.37. The number of carbonyl (C=O) groups is 1. The first-order valence-corrected chi connectivity index (χ1v) is 10.6. The van der Waals surface area contributed by atoms with E-state index < -0.39 is 5.82 Å². The fourth-order valence-electron chi connectivity index (χ4n) is 3.28. The lowest BCUT2D eigenvalue weighted by Crippen LogP contribution is -2.14. The quantitative estimate of drug-likeness (QED) is 0.262. The summed E-state index contributed by atoms with van der Waals surface area (Å²) in [6.45, 7) is 1.00. The first kappa shape index (κ1) is 22.9. The van der Waals surface area contributed by atoms with Crippen molar-refractivity contribution in [3.63, 3.8) is 0 Å². The Hall–Kier alpha value is -4.25. The maximum absolute atomic E-state index is 13.3. The van der Waals surface area contributed by atoms with Gasteiger partial charge >= 0.3 is 0 Å². The Balaban J connectivity index is 1.48. The lowest BCUT2D eigenvalue weighted by molar-refractivity contribution is -0.115. The molecule has 2 heterocycles. The van der Waals surface area contributed by atoms with Crippen LogP contribution in [0.3, 0.4) is 0 Å². The van der Waals surface area contributed by atoms with Crippen molar-refractivity contribution in [2.45, 2.75) is 12.8 Å². The summed E-state index contributed by atoms with van der Waals surface area (Å²) in [5.74, 6) is 1.36. The predicted molar refractivity (Wildman–Crippen MR) is 126 cm³/mol.